The number of halogens is 1. The summed E-state index contributed by atoms with van der Waals surface area (Å²) in [4.78, 5) is 54.3. The molecule has 32 heavy (non-hydrogen) atoms. The summed E-state index contributed by atoms with van der Waals surface area (Å²) in [6.45, 7) is 2.38. The quantitative estimate of drug-likeness (QED) is 0.672. The number of nitrogens with zero attached hydrogens (tertiary/aromatic N) is 3. The number of carbonyl (C=O) groups excluding carboxylic acids is 4. The Morgan fingerprint density at radius 2 is 1.47 bits per heavy atom. The molecule has 2 aromatic rings. The van der Waals surface area contributed by atoms with Gasteiger partial charge in [0.25, 0.3) is 11.8 Å². The smallest absolute Gasteiger partial charge is 0.261 e. The maximum absolute atomic E-state index is 12.5. The zero-order valence-electron chi connectivity index (χ0n) is 17.4. The van der Waals surface area contributed by atoms with Crippen LogP contribution in [-0.4, -0.2) is 72.7 Å². The lowest BCUT2D eigenvalue weighted by atomic mass is 10.1. The van der Waals surface area contributed by atoms with E-state index < -0.39 is 11.8 Å². The number of benzene rings is 2. The van der Waals surface area contributed by atoms with E-state index in [1.54, 1.807) is 29.2 Å². The summed E-state index contributed by atoms with van der Waals surface area (Å²) in [5.74, 6) is -1.33. The van der Waals surface area contributed by atoms with Crippen molar-refractivity contribution < 1.29 is 19.2 Å². The van der Waals surface area contributed by atoms with Crippen molar-refractivity contribution in [3.8, 4) is 0 Å². The van der Waals surface area contributed by atoms with Crippen molar-refractivity contribution in [2.45, 2.75) is 6.42 Å². The van der Waals surface area contributed by atoms with Crippen molar-refractivity contribution in [2.75, 3.05) is 44.2 Å². The van der Waals surface area contributed by atoms with E-state index in [9.17, 15) is 19.2 Å². The summed E-state index contributed by atoms with van der Waals surface area (Å²) in [5, 5.41) is 3.28. The molecule has 0 aliphatic carbocycles. The molecule has 166 valence electrons. The molecule has 8 nitrogen and oxygen atoms in total. The molecule has 0 spiro atoms. The van der Waals surface area contributed by atoms with Gasteiger partial charge in [-0.3, -0.25) is 24.1 Å². The van der Waals surface area contributed by atoms with Gasteiger partial charge in [-0.2, -0.15) is 0 Å². The third-order valence-electron chi connectivity index (χ3n) is 5.70. The number of carbonyl (C=O) groups is 4. The molecule has 1 fully saturated rings. The topological polar surface area (TPSA) is 90.0 Å². The average Bonchev–Trinajstić information content (AvgIpc) is 3.06. The summed E-state index contributed by atoms with van der Waals surface area (Å²) in [6, 6.07) is 14.2. The Balaban J connectivity index is 1.20. The Hall–Kier alpha value is -3.39. The molecule has 0 atom stereocenters. The van der Waals surface area contributed by atoms with E-state index in [0.29, 0.717) is 42.3 Å². The van der Waals surface area contributed by atoms with Crippen molar-refractivity contribution in [1.82, 2.24) is 15.1 Å². The summed E-state index contributed by atoms with van der Waals surface area (Å²) in [7, 11) is 0. The van der Waals surface area contributed by atoms with E-state index in [2.05, 4.69) is 10.2 Å². The fourth-order valence-electron chi connectivity index (χ4n) is 3.90. The molecule has 9 heteroatoms. The predicted octanol–water partition coefficient (Wildman–Crippen LogP) is 1.79. The van der Waals surface area contributed by atoms with Gasteiger partial charge in [0.15, 0.2) is 0 Å². The number of hydrogen-bond acceptors (Lipinski definition) is 5. The van der Waals surface area contributed by atoms with Crippen LogP contribution in [0.15, 0.2) is 48.5 Å². The van der Waals surface area contributed by atoms with Gasteiger partial charge in [-0.25, -0.2) is 0 Å². The van der Waals surface area contributed by atoms with Crippen LogP contribution in [-0.2, 0) is 9.59 Å². The second-order valence-electron chi connectivity index (χ2n) is 7.68. The van der Waals surface area contributed by atoms with E-state index in [-0.39, 0.29) is 31.3 Å². The molecule has 0 aromatic heterocycles. The molecular weight excluding hydrogens is 432 g/mol. The van der Waals surface area contributed by atoms with Crippen molar-refractivity contribution in [3.63, 3.8) is 0 Å². The molecule has 4 rings (SSSR count). The van der Waals surface area contributed by atoms with Crippen molar-refractivity contribution in [1.29, 1.82) is 0 Å². The summed E-state index contributed by atoms with van der Waals surface area (Å²) in [6.07, 6.45) is -0.0525. The molecule has 0 unspecified atom stereocenters. The molecule has 1 saturated heterocycles. The third-order valence-corrected chi connectivity index (χ3v) is 5.95. The van der Waals surface area contributed by atoms with Crippen LogP contribution in [0.3, 0.4) is 0 Å². The Kier molecular flexibility index (Phi) is 6.41. The van der Waals surface area contributed by atoms with Gasteiger partial charge in [0.1, 0.15) is 0 Å². The molecule has 0 saturated carbocycles. The monoisotopic (exact) mass is 454 g/mol. The maximum atomic E-state index is 12.5. The second-order valence-corrected chi connectivity index (χ2v) is 8.11. The van der Waals surface area contributed by atoms with Crippen LogP contribution in [0.1, 0.15) is 27.1 Å². The number of anilines is 1. The molecular formula is C23H23ClN4O4. The van der Waals surface area contributed by atoms with Crippen molar-refractivity contribution in [2.24, 2.45) is 0 Å². The van der Waals surface area contributed by atoms with Crippen LogP contribution >= 0.6 is 11.6 Å². The first-order chi connectivity index (χ1) is 15.4. The molecule has 2 aliphatic heterocycles. The van der Waals surface area contributed by atoms with E-state index >= 15 is 0 Å². The highest BCUT2D eigenvalue weighted by Gasteiger charge is 2.35. The van der Waals surface area contributed by atoms with Crippen LogP contribution in [0.2, 0.25) is 5.02 Å². The first-order valence-corrected chi connectivity index (χ1v) is 10.8. The zero-order valence-corrected chi connectivity index (χ0v) is 18.2. The largest absolute Gasteiger partial charge is 0.368 e. The van der Waals surface area contributed by atoms with Gasteiger partial charge in [0.05, 0.1) is 17.7 Å². The SMILES string of the molecule is O=C(CCN1C(=O)c2ccccc2C1=O)NCC(=O)N1CCN(c2ccc(Cl)cc2)CC1. The van der Waals surface area contributed by atoms with Crippen LogP contribution in [0.5, 0.6) is 0 Å². The highest BCUT2D eigenvalue weighted by Crippen LogP contribution is 2.22. The highest BCUT2D eigenvalue weighted by molar-refractivity contribution is 6.30. The first kappa shape index (κ1) is 21.8. The molecule has 2 heterocycles. The van der Waals surface area contributed by atoms with E-state index in [1.807, 2.05) is 24.3 Å². The number of rotatable bonds is 6. The standard InChI is InChI=1S/C23H23ClN4O4/c24-16-5-7-17(8-6-16)26-11-13-27(14-12-26)21(30)15-25-20(29)9-10-28-22(31)18-3-1-2-4-19(18)23(28)32/h1-8H,9-15H2,(H,25,29). The number of nitrogens with one attached hydrogen (secondary N) is 1. The second kappa shape index (κ2) is 9.40. The van der Waals surface area contributed by atoms with Gasteiger partial charge in [0, 0.05) is 49.9 Å². The Labute approximate surface area is 190 Å². The lowest BCUT2D eigenvalue weighted by Gasteiger charge is -2.36. The molecule has 4 amide bonds. The van der Waals surface area contributed by atoms with Crippen LogP contribution in [0.25, 0.3) is 0 Å². The average molecular weight is 455 g/mol. The minimum Gasteiger partial charge on any atom is -0.368 e. The van der Waals surface area contributed by atoms with Gasteiger partial charge in [-0.1, -0.05) is 23.7 Å². The van der Waals surface area contributed by atoms with Gasteiger partial charge in [0.2, 0.25) is 11.8 Å². The highest BCUT2D eigenvalue weighted by atomic mass is 35.5. The Bertz CT molecular complexity index is 1010. The van der Waals surface area contributed by atoms with Crippen LogP contribution in [0.4, 0.5) is 5.69 Å². The summed E-state index contributed by atoms with van der Waals surface area (Å²) in [5.41, 5.74) is 1.76. The van der Waals surface area contributed by atoms with Gasteiger partial charge in [-0.15, -0.1) is 0 Å². The van der Waals surface area contributed by atoms with Crippen LogP contribution < -0.4 is 10.2 Å². The van der Waals surface area contributed by atoms with E-state index in [1.165, 1.54) is 0 Å². The number of piperazine rings is 1. The minimum atomic E-state index is -0.395. The lowest BCUT2D eigenvalue weighted by molar-refractivity contribution is -0.133. The summed E-state index contributed by atoms with van der Waals surface area (Å²) >= 11 is 5.93. The zero-order chi connectivity index (χ0) is 22.7. The normalized spacial score (nSPS) is 15.7. The lowest BCUT2D eigenvalue weighted by Crippen LogP contribution is -2.51. The van der Waals surface area contributed by atoms with Crippen LogP contribution in [0, 0.1) is 0 Å². The predicted molar refractivity (Wildman–Crippen MR) is 120 cm³/mol. The Morgan fingerprint density at radius 3 is 2.06 bits per heavy atom. The van der Waals surface area contributed by atoms with Gasteiger partial charge in [-0.05, 0) is 36.4 Å². The van der Waals surface area contributed by atoms with Gasteiger partial charge >= 0.3 is 0 Å². The third kappa shape index (κ3) is 4.60. The molecule has 2 aromatic carbocycles. The fraction of sp³-hybridized carbons (Fsp3) is 0.304. The molecule has 0 bridgehead atoms. The number of hydrogen-bond donors (Lipinski definition) is 1. The number of imide groups is 1. The fourth-order valence-corrected chi connectivity index (χ4v) is 4.02. The van der Waals surface area contributed by atoms with Crippen molar-refractivity contribution in [3.05, 3.63) is 64.7 Å². The molecule has 1 N–H and O–H groups in total. The molecule has 2 aliphatic rings. The van der Waals surface area contributed by atoms with E-state index in [4.69, 9.17) is 11.6 Å². The minimum absolute atomic E-state index is 0.0217. The first-order valence-electron chi connectivity index (χ1n) is 10.4. The Morgan fingerprint density at radius 1 is 0.875 bits per heavy atom. The maximum Gasteiger partial charge on any atom is 0.261 e. The molecule has 0 radical (unpaired) electrons. The number of amides is 4. The van der Waals surface area contributed by atoms with E-state index in [0.717, 1.165) is 10.6 Å². The number of fused-ring (bicyclic) bond motifs is 1. The summed E-state index contributed by atoms with van der Waals surface area (Å²) < 4.78 is 0. The van der Waals surface area contributed by atoms with Gasteiger partial charge < -0.3 is 15.1 Å². The van der Waals surface area contributed by atoms with Crippen molar-refractivity contribution >= 4 is 40.9 Å².